The number of aromatic amines is 1. The second-order valence-corrected chi connectivity index (χ2v) is 7.54. The molecule has 6 nitrogen and oxygen atoms in total. The number of rotatable bonds is 6. The highest BCUT2D eigenvalue weighted by Gasteiger charge is 2.20. The summed E-state index contributed by atoms with van der Waals surface area (Å²) in [5.41, 5.74) is 0. The Morgan fingerprint density at radius 2 is 2.43 bits per heavy atom. The summed E-state index contributed by atoms with van der Waals surface area (Å²) in [5.74, 6) is 1.96. The molecule has 0 spiro atoms. The van der Waals surface area contributed by atoms with Gasteiger partial charge in [0, 0.05) is 36.2 Å². The molecular formula is C15H17N5OS2. The second kappa shape index (κ2) is 6.86. The molecule has 4 heterocycles. The number of nitrogens with zero attached hydrogens (tertiary/aromatic N) is 4. The van der Waals surface area contributed by atoms with Crippen LogP contribution in [0, 0.1) is 0 Å². The third-order valence-corrected chi connectivity index (χ3v) is 5.84. The van der Waals surface area contributed by atoms with E-state index in [0.29, 0.717) is 0 Å². The molecule has 23 heavy (non-hydrogen) atoms. The topological polar surface area (TPSA) is 68.6 Å². The molecule has 8 heteroatoms. The van der Waals surface area contributed by atoms with Crippen LogP contribution in [0.4, 0.5) is 0 Å². The normalized spacial score (nSPS) is 17.8. The Morgan fingerprint density at radius 1 is 1.43 bits per heavy atom. The van der Waals surface area contributed by atoms with Gasteiger partial charge in [0.1, 0.15) is 10.9 Å². The van der Waals surface area contributed by atoms with Crippen molar-refractivity contribution in [2.45, 2.75) is 30.5 Å². The molecule has 1 fully saturated rings. The molecular weight excluding hydrogens is 330 g/mol. The largest absolute Gasteiger partial charge is 0.373 e. The molecule has 1 atom stereocenters. The van der Waals surface area contributed by atoms with Gasteiger partial charge in [0.2, 0.25) is 0 Å². The van der Waals surface area contributed by atoms with Gasteiger partial charge < -0.3 is 9.30 Å². The van der Waals surface area contributed by atoms with Crippen molar-refractivity contribution < 1.29 is 4.74 Å². The van der Waals surface area contributed by atoms with E-state index in [1.807, 2.05) is 12.4 Å². The maximum atomic E-state index is 5.77. The van der Waals surface area contributed by atoms with Crippen LogP contribution in [0.15, 0.2) is 35.7 Å². The molecule has 0 amide bonds. The summed E-state index contributed by atoms with van der Waals surface area (Å²) in [4.78, 5) is 7.04. The number of nitrogens with one attached hydrogen (secondary N) is 1. The Morgan fingerprint density at radius 3 is 3.26 bits per heavy atom. The van der Waals surface area contributed by atoms with Gasteiger partial charge in [-0.25, -0.2) is 4.98 Å². The number of aryl methyl sites for hydroxylation is 1. The molecule has 0 saturated carbocycles. The Hall–Kier alpha value is -1.64. The third kappa shape index (κ3) is 3.34. The van der Waals surface area contributed by atoms with E-state index in [1.54, 1.807) is 29.3 Å². The number of thiophene rings is 1. The zero-order valence-corrected chi connectivity index (χ0v) is 14.1. The van der Waals surface area contributed by atoms with Gasteiger partial charge in [-0.1, -0.05) is 0 Å². The molecule has 3 aromatic heterocycles. The third-order valence-electron chi connectivity index (χ3n) is 3.78. The lowest BCUT2D eigenvalue weighted by atomic mass is 10.2. The number of hydrogen-bond donors (Lipinski definition) is 1. The number of ether oxygens (including phenoxy) is 1. The van der Waals surface area contributed by atoms with Crippen molar-refractivity contribution in [2.24, 2.45) is 0 Å². The maximum Gasteiger partial charge on any atom is 0.150 e. The number of imidazole rings is 1. The number of hydrogen-bond acceptors (Lipinski definition) is 6. The van der Waals surface area contributed by atoms with Crippen LogP contribution in [0.3, 0.4) is 0 Å². The maximum absolute atomic E-state index is 5.77. The van der Waals surface area contributed by atoms with Crippen LogP contribution in [0.5, 0.6) is 0 Å². The van der Waals surface area contributed by atoms with Gasteiger partial charge in [0.15, 0.2) is 0 Å². The first-order chi connectivity index (χ1) is 11.4. The van der Waals surface area contributed by atoms with Gasteiger partial charge >= 0.3 is 0 Å². The molecule has 0 aromatic carbocycles. The standard InChI is InChI=1S/C15H17N5OS2/c1-2-11(21-8-1)12-3-4-13(23-12)15-16-5-6-20(15)7-9-22-14-10-17-19-18-14/h3-6,10-11H,1-2,7-9H2,(H,17,18,19)/t11-/m0/s1. The Labute approximate surface area is 142 Å². The fraction of sp³-hybridized carbons (Fsp3) is 0.400. The van der Waals surface area contributed by atoms with E-state index in [-0.39, 0.29) is 6.10 Å². The lowest BCUT2D eigenvalue weighted by molar-refractivity contribution is 0.114. The van der Waals surface area contributed by atoms with E-state index in [2.05, 4.69) is 37.1 Å². The highest BCUT2D eigenvalue weighted by molar-refractivity contribution is 7.99. The first-order valence-corrected chi connectivity index (χ1v) is 9.42. The summed E-state index contributed by atoms with van der Waals surface area (Å²) in [6, 6.07) is 4.34. The highest BCUT2D eigenvalue weighted by atomic mass is 32.2. The van der Waals surface area contributed by atoms with Crippen LogP contribution >= 0.6 is 23.1 Å². The number of aromatic nitrogens is 5. The van der Waals surface area contributed by atoms with Crippen molar-refractivity contribution in [3.8, 4) is 10.7 Å². The zero-order valence-electron chi connectivity index (χ0n) is 12.5. The van der Waals surface area contributed by atoms with E-state index < -0.39 is 0 Å². The minimum Gasteiger partial charge on any atom is -0.373 e. The summed E-state index contributed by atoms with van der Waals surface area (Å²) in [6.45, 7) is 1.77. The summed E-state index contributed by atoms with van der Waals surface area (Å²) in [7, 11) is 0. The van der Waals surface area contributed by atoms with Crippen molar-refractivity contribution in [1.29, 1.82) is 0 Å². The Bertz CT molecular complexity index is 746. The van der Waals surface area contributed by atoms with Gasteiger partial charge in [-0.15, -0.1) is 28.2 Å². The van der Waals surface area contributed by atoms with Crippen molar-refractivity contribution in [3.05, 3.63) is 35.6 Å². The van der Waals surface area contributed by atoms with Crippen LogP contribution in [-0.2, 0) is 11.3 Å². The van der Waals surface area contributed by atoms with Crippen LogP contribution in [0.2, 0.25) is 0 Å². The van der Waals surface area contributed by atoms with Crippen LogP contribution in [-0.4, -0.2) is 37.3 Å². The molecule has 0 bridgehead atoms. The predicted molar refractivity (Wildman–Crippen MR) is 90.6 cm³/mol. The number of thioether (sulfide) groups is 1. The summed E-state index contributed by atoms with van der Waals surface area (Å²) < 4.78 is 7.96. The highest BCUT2D eigenvalue weighted by Crippen LogP contribution is 2.36. The molecule has 1 aliphatic heterocycles. The van der Waals surface area contributed by atoms with E-state index in [0.717, 1.165) is 42.6 Å². The van der Waals surface area contributed by atoms with Crippen LogP contribution < -0.4 is 0 Å². The lowest BCUT2D eigenvalue weighted by Gasteiger charge is -2.06. The molecule has 1 N–H and O–H groups in total. The summed E-state index contributed by atoms with van der Waals surface area (Å²) in [5, 5.41) is 11.4. The van der Waals surface area contributed by atoms with Gasteiger partial charge in [0.05, 0.1) is 17.2 Å². The predicted octanol–water partition coefficient (Wildman–Crippen LogP) is 3.37. The van der Waals surface area contributed by atoms with E-state index in [1.165, 1.54) is 9.75 Å². The average Bonchev–Trinajstić information content (AvgIpc) is 3.33. The zero-order chi connectivity index (χ0) is 15.5. The second-order valence-electron chi connectivity index (χ2n) is 5.30. The smallest absolute Gasteiger partial charge is 0.150 e. The fourth-order valence-electron chi connectivity index (χ4n) is 2.67. The molecule has 3 aromatic rings. The molecule has 1 saturated heterocycles. The molecule has 0 unspecified atom stereocenters. The number of H-pyrrole nitrogens is 1. The van der Waals surface area contributed by atoms with Gasteiger partial charge in [0.25, 0.3) is 0 Å². The van der Waals surface area contributed by atoms with E-state index in [4.69, 9.17) is 4.74 Å². The van der Waals surface area contributed by atoms with Crippen molar-refractivity contribution in [3.63, 3.8) is 0 Å². The monoisotopic (exact) mass is 347 g/mol. The first-order valence-electron chi connectivity index (χ1n) is 7.61. The molecule has 0 radical (unpaired) electrons. The first kappa shape index (κ1) is 14.9. The van der Waals surface area contributed by atoms with E-state index in [9.17, 15) is 0 Å². The van der Waals surface area contributed by atoms with Crippen LogP contribution in [0.1, 0.15) is 23.8 Å². The Kier molecular flexibility index (Phi) is 4.45. The average molecular weight is 347 g/mol. The molecule has 120 valence electrons. The van der Waals surface area contributed by atoms with Gasteiger partial charge in [-0.2, -0.15) is 10.3 Å². The minimum atomic E-state index is 0.278. The SMILES string of the molecule is c1cn(CCSc2cn[nH]n2)c(-c2ccc([C@@H]3CCCO3)s2)n1. The van der Waals surface area contributed by atoms with Gasteiger partial charge in [-0.05, 0) is 25.0 Å². The van der Waals surface area contributed by atoms with Gasteiger partial charge in [-0.3, -0.25) is 0 Å². The van der Waals surface area contributed by atoms with Crippen LogP contribution in [0.25, 0.3) is 10.7 Å². The fourth-order valence-corrected chi connectivity index (χ4v) is 4.51. The molecule has 1 aliphatic rings. The minimum absolute atomic E-state index is 0.278. The lowest BCUT2D eigenvalue weighted by Crippen LogP contribution is -2.01. The van der Waals surface area contributed by atoms with Crippen molar-refractivity contribution >= 4 is 23.1 Å². The quantitative estimate of drug-likeness (QED) is 0.692. The summed E-state index contributed by atoms with van der Waals surface area (Å²) in [6.07, 6.45) is 8.20. The van der Waals surface area contributed by atoms with E-state index >= 15 is 0 Å². The van der Waals surface area contributed by atoms with Crippen molar-refractivity contribution in [1.82, 2.24) is 25.0 Å². The van der Waals surface area contributed by atoms with Crippen molar-refractivity contribution in [2.75, 3.05) is 12.4 Å². The molecule has 4 rings (SSSR count). The molecule has 0 aliphatic carbocycles. The summed E-state index contributed by atoms with van der Waals surface area (Å²) >= 11 is 3.48. The Balaban J connectivity index is 1.44.